The number of carbonyl (C=O) groups excluding carboxylic acids is 3. The number of piperidine rings is 2. The van der Waals surface area contributed by atoms with Gasteiger partial charge in [-0.15, -0.1) is 0 Å². The zero-order valence-corrected chi connectivity index (χ0v) is 35.6. The van der Waals surface area contributed by atoms with Crippen molar-refractivity contribution in [2.24, 2.45) is 29.2 Å². The molecule has 3 saturated carbocycles. The zero-order valence-electron chi connectivity index (χ0n) is 35.6. The van der Waals surface area contributed by atoms with E-state index in [2.05, 4.69) is 40.6 Å². The molecule has 324 valence electrons. The molecule has 3 aliphatic carbocycles. The van der Waals surface area contributed by atoms with Crippen LogP contribution in [0.2, 0.25) is 0 Å². The molecule has 4 aliphatic heterocycles. The van der Waals surface area contributed by atoms with Crippen molar-refractivity contribution in [3.05, 3.63) is 125 Å². The lowest BCUT2D eigenvalue weighted by molar-refractivity contribution is -0.132. The number of hydrogen-bond donors (Lipinski definition) is 4. The number of hydrogen-bond acceptors (Lipinski definition) is 8. The molecule has 6 fully saturated rings. The molecule has 0 unspecified atom stereocenters. The number of ether oxygens (including phenoxy) is 1. The van der Waals surface area contributed by atoms with Crippen molar-refractivity contribution in [3.63, 3.8) is 0 Å². The van der Waals surface area contributed by atoms with Crippen LogP contribution in [0.25, 0.3) is 10.9 Å². The number of anilines is 1. The van der Waals surface area contributed by atoms with Crippen LogP contribution in [0, 0.1) is 17.8 Å². The highest BCUT2D eigenvalue weighted by Crippen LogP contribution is 2.51. The summed E-state index contributed by atoms with van der Waals surface area (Å²) in [5, 5.41) is 4.08. The molecular formula is C50H55BN6O6. The van der Waals surface area contributed by atoms with Gasteiger partial charge in [-0.3, -0.25) is 14.4 Å². The number of nitrogens with zero attached hydrogens (tertiary/aromatic N) is 2. The number of H-pyrrole nitrogens is 1. The van der Waals surface area contributed by atoms with Crippen molar-refractivity contribution in [3.8, 4) is 5.75 Å². The first-order valence-electron chi connectivity index (χ1n) is 22.9. The summed E-state index contributed by atoms with van der Waals surface area (Å²) < 4.78 is 19.6. The lowest BCUT2D eigenvalue weighted by Gasteiger charge is -2.48. The average molecular weight is 847 g/mol. The molecule has 2 bridgehead atoms. The molecule has 4 aromatic carbocycles. The summed E-state index contributed by atoms with van der Waals surface area (Å²) in [6, 6.07) is 30.0. The predicted octanol–water partition coefficient (Wildman–Crippen LogP) is 5.84. The third kappa shape index (κ3) is 7.23. The molecule has 63 heavy (non-hydrogen) atoms. The first-order valence-corrected chi connectivity index (χ1v) is 22.9. The Balaban J connectivity index is 0.729. The van der Waals surface area contributed by atoms with Crippen LogP contribution in [0.4, 0.5) is 5.69 Å². The second kappa shape index (κ2) is 16.3. The van der Waals surface area contributed by atoms with Crippen LogP contribution >= 0.6 is 0 Å². The van der Waals surface area contributed by atoms with Gasteiger partial charge in [-0.1, -0.05) is 54.6 Å². The largest absolute Gasteiger partial charge is 0.495 e. The average Bonchev–Trinajstić information content (AvgIpc) is 4.09. The van der Waals surface area contributed by atoms with Crippen LogP contribution < -0.4 is 27.0 Å². The number of nitrogens with two attached hydrogens (primary N) is 2. The lowest BCUT2D eigenvalue weighted by Crippen LogP contribution is -2.53. The fourth-order valence-corrected chi connectivity index (χ4v) is 11.9. The summed E-state index contributed by atoms with van der Waals surface area (Å²) in [5.74, 6) is 1.24. The van der Waals surface area contributed by atoms with E-state index in [0.717, 1.165) is 78.2 Å². The second-order valence-corrected chi connectivity index (χ2v) is 18.8. The number of rotatable bonds is 8. The molecule has 0 radical (unpaired) electrons. The molecule has 1 aromatic heterocycles. The summed E-state index contributed by atoms with van der Waals surface area (Å²) in [5.41, 5.74) is 20.0. The van der Waals surface area contributed by atoms with Gasteiger partial charge in [0.05, 0.1) is 18.8 Å². The van der Waals surface area contributed by atoms with Crippen molar-refractivity contribution < 1.29 is 28.4 Å². The van der Waals surface area contributed by atoms with Gasteiger partial charge in [-0.05, 0) is 127 Å². The molecule has 3 saturated heterocycles. The third-order valence-electron chi connectivity index (χ3n) is 15.4. The van der Waals surface area contributed by atoms with E-state index in [9.17, 15) is 14.4 Å². The van der Waals surface area contributed by atoms with E-state index >= 15 is 0 Å². The van der Waals surface area contributed by atoms with Gasteiger partial charge in [0.2, 0.25) is 5.91 Å². The number of benzene rings is 4. The number of fused-ring (bicyclic) bond motifs is 5. The second-order valence-electron chi connectivity index (χ2n) is 18.8. The Bertz CT molecular complexity index is 2580. The highest BCUT2D eigenvalue weighted by Gasteiger charge is 2.57. The fraction of sp³-hybridized carbons (Fsp3) is 0.420. The van der Waals surface area contributed by atoms with Gasteiger partial charge >= 0.3 is 7.12 Å². The molecule has 7 aliphatic rings. The summed E-state index contributed by atoms with van der Waals surface area (Å²) in [7, 11) is -0.605. The van der Waals surface area contributed by atoms with Gasteiger partial charge in [0.15, 0.2) is 0 Å². The van der Waals surface area contributed by atoms with Gasteiger partial charge < -0.3 is 45.6 Å². The smallest absolute Gasteiger partial charge is 0.492 e. The van der Waals surface area contributed by atoms with Gasteiger partial charge in [-0.2, -0.15) is 0 Å². The van der Waals surface area contributed by atoms with Gasteiger partial charge in [-0.25, -0.2) is 0 Å². The Hall–Kier alpha value is -5.47. The molecular weight excluding hydrogens is 791 g/mol. The SMILES string of the molecule is NCc1cccc(C2CCN(C(=O)c3cccc(NC(=O)[C@@H]4C[C@@H]5CC[C@H]4[C@@H]4OB(c6cccc7[nH]c(C(=O)N8CCC9(CC8)COc8ccc(CN)cc89)cc67)O[C@H]54)c3)CC2)c1. The number of nitrogens with one attached hydrogen (secondary N) is 2. The molecule has 5 heterocycles. The lowest BCUT2D eigenvalue weighted by atomic mass is 9.61. The highest BCUT2D eigenvalue weighted by molar-refractivity contribution is 6.65. The van der Waals surface area contributed by atoms with Crippen molar-refractivity contribution in [1.29, 1.82) is 0 Å². The minimum atomic E-state index is -0.605. The van der Waals surface area contributed by atoms with Gasteiger partial charge in [0.25, 0.3) is 11.8 Å². The summed E-state index contributed by atoms with van der Waals surface area (Å²) in [6.07, 6.45) is 5.75. The minimum Gasteiger partial charge on any atom is -0.492 e. The van der Waals surface area contributed by atoms with Crippen molar-refractivity contribution in [2.75, 3.05) is 38.1 Å². The van der Waals surface area contributed by atoms with Crippen LogP contribution in [0.1, 0.15) is 94.0 Å². The van der Waals surface area contributed by atoms with E-state index in [0.29, 0.717) is 68.7 Å². The minimum absolute atomic E-state index is 0.00532. The first kappa shape index (κ1) is 40.3. The molecule has 3 amide bonds. The van der Waals surface area contributed by atoms with E-state index in [1.54, 1.807) is 0 Å². The molecule has 12 nitrogen and oxygen atoms in total. The van der Waals surface area contributed by atoms with Crippen LogP contribution in [0.3, 0.4) is 0 Å². The van der Waals surface area contributed by atoms with E-state index in [4.69, 9.17) is 25.5 Å². The van der Waals surface area contributed by atoms with E-state index < -0.39 is 7.12 Å². The first-order chi connectivity index (χ1) is 30.8. The molecule has 5 atom stereocenters. The van der Waals surface area contributed by atoms with Crippen LogP contribution in [-0.2, 0) is 32.6 Å². The van der Waals surface area contributed by atoms with E-state index in [-0.39, 0.29) is 53.1 Å². The Kier molecular flexibility index (Phi) is 10.4. The van der Waals surface area contributed by atoms with Gasteiger partial charge in [0, 0.05) is 72.9 Å². The Morgan fingerprint density at radius 3 is 2.37 bits per heavy atom. The zero-order chi connectivity index (χ0) is 42.8. The number of carbonyl (C=O) groups is 3. The molecule has 5 aromatic rings. The van der Waals surface area contributed by atoms with Crippen molar-refractivity contribution >= 4 is 46.9 Å². The van der Waals surface area contributed by atoms with Crippen LogP contribution in [0.5, 0.6) is 5.75 Å². The predicted molar refractivity (Wildman–Crippen MR) is 242 cm³/mol. The van der Waals surface area contributed by atoms with Crippen molar-refractivity contribution in [1.82, 2.24) is 14.8 Å². The molecule has 13 heteroatoms. The number of amides is 3. The Morgan fingerprint density at radius 1 is 0.778 bits per heavy atom. The van der Waals surface area contributed by atoms with Crippen LogP contribution in [-0.4, -0.2) is 84.6 Å². The highest BCUT2D eigenvalue weighted by atomic mass is 16.7. The summed E-state index contributed by atoms with van der Waals surface area (Å²) in [6.45, 7) is 4.29. The van der Waals surface area contributed by atoms with E-state index in [1.807, 2.05) is 70.5 Å². The maximum atomic E-state index is 14.1. The monoisotopic (exact) mass is 846 g/mol. The standard InChI is InChI=1S/C50H55BN6O6/c52-27-30-4-1-5-33(22-30)32-14-18-56(19-15-32)48(59)35-6-2-7-36(24-35)54-47(58)38-25-34-11-12-37(38)46-45(34)62-51(63-46)41-8-3-9-42-39(41)26-43(55-42)49(60)57-20-16-50(17-21-57)29-61-44-13-10-31(28-53)23-40(44)50/h1-10,13,22-24,26,32,34,37-38,45-46,55H,11-12,14-21,25,27-29,52-53H2,(H,54,58)/t34-,37+,38+,45+,46-/m0/s1. The summed E-state index contributed by atoms with van der Waals surface area (Å²) >= 11 is 0. The normalized spacial score (nSPS) is 25.0. The topological polar surface area (TPSA) is 165 Å². The Morgan fingerprint density at radius 2 is 1.54 bits per heavy atom. The maximum absolute atomic E-state index is 14.1. The number of aromatic nitrogens is 1. The number of aromatic amines is 1. The summed E-state index contributed by atoms with van der Waals surface area (Å²) in [4.78, 5) is 49.0. The Labute approximate surface area is 368 Å². The molecule has 1 spiro atoms. The van der Waals surface area contributed by atoms with Gasteiger partial charge in [0.1, 0.15) is 11.4 Å². The van der Waals surface area contributed by atoms with Crippen molar-refractivity contribution in [2.45, 2.75) is 81.6 Å². The quantitative estimate of drug-likeness (QED) is 0.142. The fourth-order valence-electron chi connectivity index (χ4n) is 11.9. The third-order valence-corrected chi connectivity index (χ3v) is 15.4. The molecule has 6 N–H and O–H groups in total. The maximum Gasteiger partial charge on any atom is 0.495 e. The van der Waals surface area contributed by atoms with E-state index in [1.165, 1.54) is 11.1 Å². The molecule has 12 rings (SSSR count). The number of likely N-dealkylation sites (tertiary alicyclic amines) is 2. The van der Waals surface area contributed by atoms with Crippen LogP contribution in [0.15, 0.2) is 91.0 Å².